The maximum atomic E-state index is 11.9. The zero-order chi connectivity index (χ0) is 26.7. The number of amides is 1. The quantitative estimate of drug-likeness (QED) is 0.0778. The van der Waals surface area contributed by atoms with E-state index in [9.17, 15) is 4.79 Å². The molecule has 1 aromatic heterocycles. The maximum Gasteiger partial charge on any atom is 0.249 e. The summed E-state index contributed by atoms with van der Waals surface area (Å²) in [6.07, 6.45) is 20.4. The first-order chi connectivity index (χ1) is 18.0. The normalized spacial score (nSPS) is 13.1. The number of methoxy groups -OCH3 is 1. The molecule has 200 valence electrons. The number of benzene rings is 1. The number of likely N-dealkylation sites (N-methyl/N-ethyl adjacent to an activating group) is 1. The minimum Gasteiger partial charge on any atom is -0.501 e. The fourth-order valence-electron chi connectivity index (χ4n) is 3.40. The summed E-state index contributed by atoms with van der Waals surface area (Å²) in [5.74, 6) is 1.57. The molecule has 2 aromatic rings. The number of nitrogens with zero attached hydrogens (tertiary/aromatic N) is 2. The van der Waals surface area contributed by atoms with Gasteiger partial charge in [-0.05, 0) is 44.6 Å². The van der Waals surface area contributed by atoms with E-state index in [0.29, 0.717) is 25.5 Å². The van der Waals surface area contributed by atoms with Gasteiger partial charge in [0.25, 0.3) is 0 Å². The number of aromatic nitrogens is 1. The van der Waals surface area contributed by atoms with E-state index in [1.807, 2.05) is 24.3 Å². The minimum atomic E-state index is -0.0617. The zero-order valence-corrected chi connectivity index (χ0v) is 22.8. The van der Waals surface area contributed by atoms with Crippen molar-refractivity contribution in [3.8, 4) is 0 Å². The molecule has 1 atom stereocenters. The second-order valence-corrected chi connectivity index (χ2v) is 9.04. The number of oxazole rings is 1. The Hall–Kier alpha value is -3.38. The lowest BCUT2D eigenvalue weighted by Gasteiger charge is -2.12. The van der Waals surface area contributed by atoms with Crippen molar-refractivity contribution in [3.05, 3.63) is 102 Å². The van der Waals surface area contributed by atoms with Crippen LogP contribution in [-0.2, 0) is 27.3 Å². The van der Waals surface area contributed by atoms with E-state index in [1.165, 1.54) is 11.6 Å². The first kappa shape index (κ1) is 29.8. The number of carbonyl (C=O) groups is 1. The van der Waals surface area contributed by atoms with Gasteiger partial charge in [-0.15, -0.1) is 0 Å². The molecule has 6 heteroatoms. The number of ether oxygens (including phenoxy) is 2. The van der Waals surface area contributed by atoms with Crippen LogP contribution in [0.2, 0.25) is 0 Å². The van der Waals surface area contributed by atoms with Gasteiger partial charge in [0.1, 0.15) is 6.26 Å². The number of carbonyl (C=O) groups excluding carboxylic acids is 1. The second kappa shape index (κ2) is 18.0. The van der Waals surface area contributed by atoms with E-state index >= 15 is 0 Å². The Bertz CT molecular complexity index is 1020. The summed E-state index contributed by atoms with van der Waals surface area (Å²) in [5, 5.41) is 0. The Morgan fingerprint density at radius 2 is 1.86 bits per heavy atom. The molecule has 0 fully saturated rings. The molecule has 6 nitrogen and oxygen atoms in total. The highest BCUT2D eigenvalue weighted by molar-refractivity contribution is 5.87. The summed E-state index contributed by atoms with van der Waals surface area (Å²) in [6, 6.07) is 10.2. The van der Waals surface area contributed by atoms with Gasteiger partial charge in [0.05, 0.1) is 25.2 Å². The predicted octanol–water partition coefficient (Wildman–Crippen LogP) is 6.78. The standard InChI is InChI=1S/C31H42N2O4/c1-26(31-32-29(25-37-31)20-16-22-36-24-28-18-13-11-14-19-28)17-12-9-7-5-6-8-10-15-21-33(3)30(34)23-27(2)35-4/h5,7,9-15,18-19,23,25-26H,6,8,16-17,20-22,24H2,1-4H3/b7-5-,12-9-,15-10+,27-23+/t26-/m0/s1. The monoisotopic (exact) mass is 506 g/mol. The van der Waals surface area contributed by atoms with E-state index in [2.05, 4.69) is 54.4 Å². The maximum absolute atomic E-state index is 11.9. The van der Waals surface area contributed by atoms with Crippen LogP contribution in [0.5, 0.6) is 0 Å². The number of rotatable bonds is 17. The lowest BCUT2D eigenvalue weighted by molar-refractivity contribution is -0.124. The third kappa shape index (κ3) is 12.9. The number of hydrogen-bond donors (Lipinski definition) is 0. The van der Waals surface area contributed by atoms with Crippen LogP contribution in [0.4, 0.5) is 0 Å². The molecule has 1 amide bonds. The number of aryl methyl sites for hydroxylation is 1. The average molecular weight is 507 g/mol. The van der Waals surface area contributed by atoms with Crippen LogP contribution in [0.1, 0.15) is 62.6 Å². The molecule has 0 aliphatic carbocycles. The fraction of sp³-hybridized carbons (Fsp3) is 0.419. The van der Waals surface area contributed by atoms with Crippen LogP contribution < -0.4 is 0 Å². The van der Waals surface area contributed by atoms with Crippen LogP contribution in [0, 0.1) is 0 Å². The van der Waals surface area contributed by atoms with Gasteiger partial charge in [0.2, 0.25) is 5.91 Å². The van der Waals surface area contributed by atoms with Crippen LogP contribution in [0.25, 0.3) is 0 Å². The van der Waals surface area contributed by atoms with Crippen LogP contribution in [0.3, 0.4) is 0 Å². The smallest absolute Gasteiger partial charge is 0.249 e. The van der Waals surface area contributed by atoms with E-state index in [4.69, 9.17) is 13.9 Å². The molecular weight excluding hydrogens is 464 g/mol. The highest BCUT2D eigenvalue weighted by Crippen LogP contribution is 2.19. The molecule has 0 spiro atoms. The molecule has 1 heterocycles. The Morgan fingerprint density at radius 3 is 2.65 bits per heavy atom. The Kier molecular flexibility index (Phi) is 14.5. The summed E-state index contributed by atoms with van der Waals surface area (Å²) in [6.45, 7) is 5.83. The second-order valence-electron chi connectivity index (χ2n) is 9.04. The van der Waals surface area contributed by atoms with Crippen molar-refractivity contribution < 1.29 is 18.7 Å². The third-order valence-electron chi connectivity index (χ3n) is 5.77. The average Bonchev–Trinajstić information content (AvgIpc) is 3.38. The molecular formula is C31H42N2O4. The molecule has 0 saturated carbocycles. The molecule has 0 radical (unpaired) electrons. The summed E-state index contributed by atoms with van der Waals surface area (Å²) >= 11 is 0. The topological polar surface area (TPSA) is 64.8 Å². The molecule has 0 N–H and O–H groups in total. The molecule has 0 unspecified atom stereocenters. The van der Waals surface area contributed by atoms with Gasteiger partial charge < -0.3 is 18.8 Å². The molecule has 1 aromatic carbocycles. The fourth-order valence-corrected chi connectivity index (χ4v) is 3.40. The minimum absolute atomic E-state index is 0.0617. The van der Waals surface area contributed by atoms with Crippen molar-refractivity contribution in [2.24, 2.45) is 0 Å². The van der Waals surface area contributed by atoms with Crippen LogP contribution in [0.15, 0.2) is 89.3 Å². The molecule has 2 rings (SSSR count). The van der Waals surface area contributed by atoms with Crippen molar-refractivity contribution in [1.82, 2.24) is 9.88 Å². The van der Waals surface area contributed by atoms with E-state index in [1.54, 1.807) is 32.2 Å². The SMILES string of the molecule is CO/C(C)=C/C(=O)N(C)C/C=C/CC/C=C\C=C/C[C@H](C)c1nc(CCCOCc2ccccc2)co1. The van der Waals surface area contributed by atoms with E-state index in [-0.39, 0.29) is 11.8 Å². The summed E-state index contributed by atoms with van der Waals surface area (Å²) in [4.78, 5) is 18.2. The zero-order valence-electron chi connectivity index (χ0n) is 22.8. The molecule has 0 bridgehead atoms. The number of unbranched alkanes of at least 4 members (excludes halogenated alkanes) is 1. The lowest BCUT2D eigenvalue weighted by Crippen LogP contribution is -2.25. The van der Waals surface area contributed by atoms with Crippen molar-refractivity contribution in [3.63, 3.8) is 0 Å². The van der Waals surface area contributed by atoms with Crippen molar-refractivity contribution in [2.45, 2.75) is 58.5 Å². The van der Waals surface area contributed by atoms with Gasteiger partial charge in [0, 0.05) is 32.2 Å². The highest BCUT2D eigenvalue weighted by atomic mass is 16.5. The summed E-state index contributed by atoms with van der Waals surface area (Å²) in [7, 11) is 3.33. The molecule has 0 aliphatic heterocycles. The van der Waals surface area contributed by atoms with Crippen LogP contribution >= 0.6 is 0 Å². The van der Waals surface area contributed by atoms with Crippen LogP contribution in [-0.4, -0.2) is 43.1 Å². The predicted molar refractivity (Wildman–Crippen MR) is 149 cm³/mol. The summed E-state index contributed by atoms with van der Waals surface area (Å²) < 4.78 is 16.4. The first-order valence-corrected chi connectivity index (χ1v) is 13.0. The Balaban J connectivity index is 1.56. The van der Waals surface area contributed by atoms with Gasteiger partial charge in [0.15, 0.2) is 5.89 Å². The summed E-state index contributed by atoms with van der Waals surface area (Å²) in [5.41, 5.74) is 2.18. The Morgan fingerprint density at radius 1 is 1.11 bits per heavy atom. The number of allylic oxidation sites excluding steroid dienone is 6. The number of hydrogen-bond acceptors (Lipinski definition) is 5. The van der Waals surface area contributed by atoms with Crippen molar-refractivity contribution in [2.75, 3.05) is 27.3 Å². The molecule has 0 aliphatic rings. The lowest BCUT2D eigenvalue weighted by atomic mass is 10.1. The van der Waals surface area contributed by atoms with Gasteiger partial charge in [-0.2, -0.15) is 0 Å². The molecule has 37 heavy (non-hydrogen) atoms. The third-order valence-corrected chi connectivity index (χ3v) is 5.77. The Labute approximate surface area is 222 Å². The molecule has 0 saturated heterocycles. The van der Waals surface area contributed by atoms with Gasteiger partial charge in [-0.1, -0.05) is 73.7 Å². The largest absolute Gasteiger partial charge is 0.501 e. The van der Waals surface area contributed by atoms with E-state index < -0.39 is 0 Å². The van der Waals surface area contributed by atoms with Crippen molar-refractivity contribution in [1.29, 1.82) is 0 Å². The first-order valence-electron chi connectivity index (χ1n) is 13.0. The van der Waals surface area contributed by atoms with Crippen molar-refractivity contribution >= 4 is 5.91 Å². The van der Waals surface area contributed by atoms with Gasteiger partial charge in [-0.3, -0.25) is 4.79 Å². The van der Waals surface area contributed by atoms with Gasteiger partial charge in [-0.25, -0.2) is 4.98 Å². The van der Waals surface area contributed by atoms with Gasteiger partial charge >= 0.3 is 0 Å². The van der Waals surface area contributed by atoms with E-state index in [0.717, 1.165) is 43.7 Å². The highest BCUT2D eigenvalue weighted by Gasteiger charge is 2.11.